The lowest BCUT2D eigenvalue weighted by molar-refractivity contribution is 0.0827. The molecule has 8 nitrogen and oxygen atoms in total. The molecule has 1 atom stereocenters. The van der Waals surface area contributed by atoms with Crippen molar-refractivity contribution in [3.63, 3.8) is 0 Å². The number of benzene rings is 1. The van der Waals surface area contributed by atoms with E-state index in [4.69, 9.17) is 4.98 Å². The van der Waals surface area contributed by atoms with E-state index >= 15 is 0 Å². The molecule has 1 fully saturated rings. The van der Waals surface area contributed by atoms with Crippen LogP contribution in [0.5, 0.6) is 0 Å². The number of nitrogens with zero attached hydrogens (tertiary/aromatic N) is 5. The van der Waals surface area contributed by atoms with Crippen molar-refractivity contribution in [2.75, 3.05) is 40.3 Å². The van der Waals surface area contributed by atoms with Gasteiger partial charge in [-0.1, -0.05) is 6.92 Å². The van der Waals surface area contributed by atoms with E-state index in [1.807, 2.05) is 37.1 Å². The van der Waals surface area contributed by atoms with Gasteiger partial charge in [-0.15, -0.1) is 0 Å². The van der Waals surface area contributed by atoms with E-state index < -0.39 is 0 Å². The Bertz CT molecular complexity index is 883. The predicted molar refractivity (Wildman–Crippen MR) is 114 cm³/mol. The second-order valence-electron chi connectivity index (χ2n) is 8.01. The van der Waals surface area contributed by atoms with Crippen molar-refractivity contribution < 1.29 is 9.59 Å². The molecule has 0 saturated carbocycles. The smallest absolute Gasteiger partial charge is 0.317 e. The maximum Gasteiger partial charge on any atom is 0.317 e. The largest absolute Gasteiger partial charge is 0.345 e. The van der Waals surface area contributed by atoms with Crippen LogP contribution in [0.25, 0.3) is 11.0 Å². The molecule has 1 saturated heterocycles. The molecule has 1 aromatic heterocycles. The van der Waals surface area contributed by atoms with Gasteiger partial charge < -0.3 is 19.7 Å². The molecule has 8 heteroatoms. The maximum atomic E-state index is 12.3. The maximum absolute atomic E-state index is 12.3. The van der Waals surface area contributed by atoms with Crippen molar-refractivity contribution in [1.82, 2.24) is 29.6 Å². The van der Waals surface area contributed by atoms with Crippen molar-refractivity contribution in [3.05, 3.63) is 29.6 Å². The number of carbonyl (C=O) groups is 2. The van der Waals surface area contributed by atoms with Gasteiger partial charge in [0.15, 0.2) is 0 Å². The third-order valence-corrected chi connectivity index (χ3v) is 5.63. The van der Waals surface area contributed by atoms with Gasteiger partial charge in [-0.3, -0.25) is 9.69 Å². The van der Waals surface area contributed by atoms with Crippen LogP contribution in [0.15, 0.2) is 18.2 Å². The first-order valence-electron chi connectivity index (χ1n) is 10.2. The van der Waals surface area contributed by atoms with Crippen LogP contribution in [0.4, 0.5) is 4.79 Å². The Labute approximate surface area is 172 Å². The predicted octanol–water partition coefficient (Wildman–Crippen LogP) is 1.90. The van der Waals surface area contributed by atoms with E-state index in [1.54, 1.807) is 19.0 Å². The van der Waals surface area contributed by atoms with Crippen LogP contribution < -0.4 is 5.32 Å². The molecule has 2 aromatic rings. The Hall–Kier alpha value is -2.61. The first kappa shape index (κ1) is 21.1. The fourth-order valence-corrected chi connectivity index (χ4v) is 3.50. The fraction of sp³-hybridized carbons (Fsp3) is 0.571. The molecule has 0 unspecified atom stereocenters. The van der Waals surface area contributed by atoms with Gasteiger partial charge in [-0.2, -0.15) is 0 Å². The first-order chi connectivity index (χ1) is 13.8. The molecule has 0 spiro atoms. The van der Waals surface area contributed by atoms with Gasteiger partial charge in [0.05, 0.1) is 17.6 Å². The van der Waals surface area contributed by atoms with Gasteiger partial charge in [-0.05, 0) is 31.5 Å². The number of urea groups is 1. The van der Waals surface area contributed by atoms with Crippen LogP contribution in [-0.4, -0.2) is 82.5 Å². The molecule has 0 radical (unpaired) electrons. The van der Waals surface area contributed by atoms with E-state index in [-0.39, 0.29) is 18.0 Å². The molecule has 3 rings (SSSR count). The summed E-state index contributed by atoms with van der Waals surface area (Å²) in [5, 5.41) is 3.03. The lowest BCUT2D eigenvalue weighted by atomic mass is 10.2. The summed E-state index contributed by atoms with van der Waals surface area (Å²) in [4.78, 5) is 35.0. The van der Waals surface area contributed by atoms with Gasteiger partial charge >= 0.3 is 6.03 Å². The minimum Gasteiger partial charge on any atom is -0.345 e. The van der Waals surface area contributed by atoms with Crippen LogP contribution in [0.2, 0.25) is 0 Å². The van der Waals surface area contributed by atoms with E-state index in [0.717, 1.165) is 42.9 Å². The van der Waals surface area contributed by atoms with Gasteiger partial charge in [-0.25, -0.2) is 9.78 Å². The number of aryl methyl sites for hydroxylation is 1. The summed E-state index contributed by atoms with van der Waals surface area (Å²) in [5.74, 6) is 0.942. The van der Waals surface area contributed by atoms with E-state index in [1.165, 1.54) is 0 Å². The van der Waals surface area contributed by atoms with Crippen LogP contribution in [0.3, 0.4) is 0 Å². The summed E-state index contributed by atoms with van der Waals surface area (Å²) < 4.78 is 2.08. The second kappa shape index (κ2) is 8.82. The van der Waals surface area contributed by atoms with Crippen LogP contribution in [0.1, 0.15) is 36.5 Å². The Balaban J connectivity index is 1.64. The number of imidazole rings is 1. The van der Waals surface area contributed by atoms with Crippen LogP contribution >= 0.6 is 0 Å². The van der Waals surface area contributed by atoms with Gasteiger partial charge in [0, 0.05) is 58.9 Å². The monoisotopic (exact) mass is 400 g/mol. The summed E-state index contributed by atoms with van der Waals surface area (Å²) in [6.45, 7) is 7.89. The number of amides is 3. The molecule has 2 heterocycles. The molecule has 1 aromatic carbocycles. The number of rotatable bonds is 5. The lowest BCUT2D eigenvalue weighted by Crippen LogP contribution is -2.52. The topological polar surface area (TPSA) is 73.7 Å². The number of fused-ring (bicyclic) bond motifs is 1. The minimum atomic E-state index is -0.0223. The fourth-order valence-electron chi connectivity index (χ4n) is 3.50. The highest BCUT2D eigenvalue weighted by molar-refractivity contribution is 5.97. The first-order valence-corrected chi connectivity index (χ1v) is 10.2. The molecule has 1 N–H and O–H groups in total. The third-order valence-electron chi connectivity index (χ3n) is 5.63. The van der Waals surface area contributed by atoms with Crippen molar-refractivity contribution in [3.8, 4) is 0 Å². The Morgan fingerprint density at radius 1 is 1.21 bits per heavy atom. The molecule has 0 bridgehead atoms. The number of hydrogen-bond acceptors (Lipinski definition) is 4. The van der Waals surface area contributed by atoms with Gasteiger partial charge in [0.25, 0.3) is 5.91 Å². The highest BCUT2D eigenvalue weighted by Gasteiger charge is 2.23. The van der Waals surface area contributed by atoms with E-state index in [2.05, 4.69) is 21.7 Å². The zero-order chi connectivity index (χ0) is 21.1. The molecule has 1 aliphatic heterocycles. The quantitative estimate of drug-likeness (QED) is 0.832. The van der Waals surface area contributed by atoms with Gasteiger partial charge in [0.2, 0.25) is 0 Å². The van der Waals surface area contributed by atoms with Crippen molar-refractivity contribution in [2.24, 2.45) is 7.05 Å². The summed E-state index contributed by atoms with van der Waals surface area (Å²) in [5.41, 5.74) is 2.50. The lowest BCUT2D eigenvalue weighted by Gasteiger charge is -2.35. The Kier molecular flexibility index (Phi) is 6.42. The zero-order valence-corrected chi connectivity index (χ0v) is 18.1. The number of aromatic nitrogens is 2. The molecule has 29 heavy (non-hydrogen) atoms. The highest BCUT2D eigenvalue weighted by atomic mass is 16.2. The third kappa shape index (κ3) is 4.70. The second-order valence-corrected chi connectivity index (χ2v) is 8.01. The summed E-state index contributed by atoms with van der Waals surface area (Å²) in [7, 11) is 5.51. The van der Waals surface area contributed by atoms with Gasteiger partial charge in [0.1, 0.15) is 5.82 Å². The Morgan fingerprint density at radius 3 is 2.52 bits per heavy atom. The SMILES string of the molecule is CC[C@H](C)NC(=O)N1CCN(Cc2nc3cc(C(=O)N(C)C)ccc3n2C)CC1. The van der Waals surface area contributed by atoms with Crippen LogP contribution in [0, 0.1) is 0 Å². The van der Waals surface area contributed by atoms with E-state index in [0.29, 0.717) is 18.7 Å². The standard InChI is InChI=1S/C21H32N6O2/c1-6-15(2)22-21(29)27-11-9-26(10-12-27)14-19-23-17-13-16(20(28)24(3)4)7-8-18(17)25(19)5/h7-8,13,15H,6,9-12,14H2,1-5H3,(H,22,29)/t15-/m0/s1. The molecule has 3 amide bonds. The zero-order valence-electron chi connectivity index (χ0n) is 18.1. The average molecular weight is 401 g/mol. The molecule has 0 aliphatic carbocycles. The molecule has 158 valence electrons. The highest BCUT2D eigenvalue weighted by Crippen LogP contribution is 2.19. The number of hydrogen-bond donors (Lipinski definition) is 1. The minimum absolute atomic E-state index is 0.0223. The summed E-state index contributed by atoms with van der Waals surface area (Å²) in [6, 6.07) is 5.90. The number of piperazine rings is 1. The molecular formula is C21H32N6O2. The number of carbonyl (C=O) groups excluding carboxylic acids is 2. The van der Waals surface area contributed by atoms with Crippen molar-refractivity contribution in [1.29, 1.82) is 0 Å². The molecular weight excluding hydrogens is 368 g/mol. The summed E-state index contributed by atoms with van der Waals surface area (Å²) >= 11 is 0. The average Bonchev–Trinajstić information content (AvgIpc) is 3.02. The van der Waals surface area contributed by atoms with Crippen molar-refractivity contribution >= 4 is 23.0 Å². The summed E-state index contributed by atoms with van der Waals surface area (Å²) in [6.07, 6.45) is 0.931. The number of nitrogens with one attached hydrogen (secondary N) is 1. The van der Waals surface area contributed by atoms with Crippen LogP contribution in [-0.2, 0) is 13.6 Å². The van der Waals surface area contributed by atoms with E-state index in [9.17, 15) is 9.59 Å². The Morgan fingerprint density at radius 2 is 1.90 bits per heavy atom. The normalized spacial score (nSPS) is 16.1. The molecule has 1 aliphatic rings. The van der Waals surface area contributed by atoms with Crippen molar-refractivity contribution in [2.45, 2.75) is 32.9 Å².